The first-order chi connectivity index (χ1) is 29.2. The van der Waals surface area contributed by atoms with E-state index in [1.165, 1.54) is 33.4 Å². The zero-order valence-electron chi connectivity index (χ0n) is 32.4. The van der Waals surface area contributed by atoms with Gasteiger partial charge in [0.05, 0.1) is 16.4 Å². The largest absolute Gasteiger partial charge is 0.296 e. The van der Waals surface area contributed by atoms with Gasteiger partial charge < -0.3 is 0 Å². The Balaban J connectivity index is 1.20. The SMILES string of the molecule is CCc1nc2ccccc2n1-c1ccc(C2(c3ccccc3)c3ccccc3-c3c2ccc2sc(C#N)c(-c4cc(-c5ccccc5)cc(-c5ccccc5)c4)c32)cc1. The number of nitriles is 1. The summed E-state index contributed by atoms with van der Waals surface area (Å²) in [4.78, 5) is 5.70. The highest BCUT2D eigenvalue weighted by atomic mass is 32.1. The monoisotopic (exact) mass is 771 g/mol. The van der Waals surface area contributed by atoms with Crippen molar-refractivity contribution in [2.75, 3.05) is 0 Å². The normalized spacial score (nSPS) is 14.3. The Labute approximate surface area is 347 Å². The van der Waals surface area contributed by atoms with E-state index in [2.05, 4.69) is 212 Å². The summed E-state index contributed by atoms with van der Waals surface area (Å²) in [6, 6.07) is 72.6. The summed E-state index contributed by atoms with van der Waals surface area (Å²) in [7, 11) is 0. The molecule has 1 atom stereocenters. The lowest BCUT2D eigenvalue weighted by Gasteiger charge is -2.34. The summed E-state index contributed by atoms with van der Waals surface area (Å²) in [5, 5.41) is 12.0. The molecule has 1 aliphatic carbocycles. The number of hydrogen-bond donors (Lipinski definition) is 0. The van der Waals surface area contributed by atoms with E-state index in [-0.39, 0.29) is 0 Å². The Kier molecular flexibility index (Phi) is 8.25. The van der Waals surface area contributed by atoms with E-state index in [1.807, 2.05) is 0 Å². The van der Waals surface area contributed by atoms with Gasteiger partial charge in [-0.15, -0.1) is 11.3 Å². The second-order valence-corrected chi connectivity index (χ2v) is 16.3. The number of fused-ring (bicyclic) bond motifs is 6. The Morgan fingerprint density at radius 1 is 0.559 bits per heavy atom. The molecule has 0 fully saturated rings. The average molecular weight is 772 g/mol. The van der Waals surface area contributed by atoms with Crippen LogP contribution in [0.3, 0.4) is 0 Å². The van der Waals surface area contributed by atoms with E-state index in [4.69, 9.17) is 4.98 Å². The van der Waals surface area contributed by atoms with E-state index in [0.717, 1.165) is 77.3 Å². The zero-order chi connectivity index (χ0) is 39.5. The molecule has 278 valence electrons. The van der Waals surface area contributed by atoms with Crippen molar-refractivity contribution in [3.63, 3.8) is 0 Å². The van der Waals surface area contributed by atoms with Gasteiger partial charge >= 0.3 is 0 Å². The zero-order valence-corrected chi connectivity index (χ0v) is 33.2. The van der Waals surface area contributed by atoms with Crippen molar-refractivity contribution >= 4 is 32.5 Å². The number of thiophene rings is 1. The predicted molar refractivity (Wildman–Crippen MR) is 244 cm³/mol. The molecule has 0 amide bonds. The molecule has 10 aromatic rings. The van der Waals surface area contributed by atoms with E-state index < -0.39 is 5.41 Å². The molecule has 0 saturated heterocycles. The summed E-state index contributed by atoms with van der Waals surface area (Å²) in [6.07, 6.45) is 0.829. The van der Waals surface area contributed by atoms with Crippen molar-refractivity contribution in [1.29, 1.82) is 5.26 Å². The summed E-state index contributed by atoms with van der Waals surface area (Å²) in [5.74, 6) is 1.04. The maximum atomic E-state index is 10.9. The van der Waals surface area contributed by atoms with Crippen molar-refractivity contribution in [2.45, 2.75) is 18.8 Å². The van der Waals surface area contributed by atoms with Crippen molar-refractivity contribution in [2.24, 2.45) is 0 Å². The molecule has 4 heteroatoms. The van der Waals surface area contributed by atoms with Crippen LogP contribution in [0.5, 0.6) is 0 Å². The molecule has 1 aliphatic rings. The summed E-state index contributed by atoms with van der Waals surface area (Å²) >= 11 is 1.59. The second-order valence-electron chi connectivity index (χ2n) is 15.2. The molecule has 0 radical (unpaired) electrons. The highest BCUT2D eigenvalue weighted by molar-refractivity contribution is 7.20. The standard InChI is InChI=1S/C55H37N3S/c1-2-51-57-47-24-14-15-25-48(47)58(51)43-28-26-42(27-29-43)55(41-20-10-5-11-21-41)45-23-13-12-22-44(45)53-46(55)30-31-49-54(53)52(50(35-56)59-49)40-33-38(36-16-6-3-7-17-36)32-39(34-40)37-18-8-4-9-19-37/h3-34H,2H2,1H3. The van der Waals surface area contributed by atoms with E-state index in [0.29, 0.717) is 0 Å². The molecule has 0 spiro atoms. The maximum absolute atomic E-state index is 10.9. The first-order valence-corrected chi connectivity index (χ1v) is 21.0. The highest BCUT2D eigenvalue weighted by Gasteiger charge is 2.47. The highest BCUT2D eigenvalue weighted by Crippen LogP contribution is 2.60. The third-order valence-electron chi connectivity index (χ3n) is 12.1. The fourth-order valence-electron chi connectivity index (χ4n) is 9.62. The van der Waals surface area contributed by atoms with E-state index >= 15 is 0 Å². The number of rotatable bonds is 7. The van der Waals surface area contributed by atoms with Crippen LogP contribution >= 0.6 is 11.3 Å². The third kappa shape index (κ3) is 5.36. The van der Waals surface area contributed by atoms with Gasteiger partial charge in [0, 0.05) is 27.8 Å². The summed E-state index contributed by atoms with van der Waals surface area (Å²) < 4.78 is 3.40. The molecule has 0 N–H and O–H groups in total. The third-order valence-corrected chi connectivity index (χ3v) is 13.2. The quantitative estimate of drug-likeness (QED) is 0.162. The molecule has 1 unspecified atom stereocenters. The van der Waals surface area contributed by atoms with E-state index in [9.17, 15) is 5.26 Å². The van der Waals surface area contributed by atoms with Crippen LogP contribution in [0.25, 0.3) is 71.3 Å². The van der Waals surface area contributed by atoms with E-state index in [1.54, 1.807) is 11.3 Å². The number of imidazole rings is 1. The van der Waals surface area contributed by atoms with Gasteiger partial charge in [0.15, 0.2) is 0 Å². The van der Waals surface area contributed by atoms with Gasteiger partial charge in [0.2, 0.25) is 0 Å². The van der Waals surface area contributed by atoms with Crippen LogP contribution in [-0.2, 0) is 11.8 Å². The van der Waals surface area contributed by atoms with Crippen molar-refractivity contribution < 1.29 is 0 Å². The van der Waals surface area contributed by atoms with Crippen molar-refractivity contribution in [1.82, 2.24) is 9.55 Å². The minimum Gasteiger partial charge on any atom is -0.296 e. The summed E-state index contributed by atoms with van der Waals surface area (Å²) in [6.45, 7) is 2.17. The Hall–Kier alpha value is -7.32. The molecule has 0 saturated carbocycles. The molecule has 2 heterocycles. The van der Waals surface area contributed by atoms with Gasteiger partial charge in [-0.3, -0.25) is 4.57 Å². The molecule has 2 aromatic heterocycles. The maximum Gasteiger partial charge on any atom is 0.114 e. The van der Waals surface area contributed by atoms with Crippen LogP contribution in [0, 0.1) is 11.3 Å². The number of aryl methyl sites for hydroxylation is 1. The number of benzene rings is 8. The van der Waals surface area contributed by atoms with Crippen LogP contribution in [-0.4, -0.2) is 9.55 Å². The molecule has 0 aliphatic heterocycles. The minimum atomic E-state index is -0.613. The fraction of sp³-hybridized carbons (Fsp3) is 0.0545. The minimum absolute atomic E-state index is 0.613. The van der Waals surface area contributed by atoms with Crippen LogP contribution in [0.2, 0.25) is 0 Å². The lowest BCUT2D eigenvalue weighted by molar-refractivity contribution is 0.768. The van der Waals surface area contributed by atoms with Crippen LogP contribution in [0.4, 0.5) is 0 Å². The van der Waals surface area contributed by atoms with Gasteiger partial charge in [0.1, 0.15) is 16.8 Å². The lowest BCUT2D eigenvalue weighted by atomic mass is 9.67. The van der Waals surface area contributed by atoms with Crippen LogP contribution in [0.1, 0.15) is 39.9 Å². The van der Waals surface area contributed by atoms with Gasteiger partial charge in [-0.2, -0.15) is 5.26 Å². The first kappa shape index (κ1) is 34.9. The fourth-order valence-corrected chi connectivity index (χ4v) is 10.6. The predicted octanol–water partition coefficient (Wildman–Crippen LogP) is 14.0. The number of hydrogen-bond acceptors (Lipinski definition) is 3. The van der Waals surface area contributed by atoms with Crippen LogP contribution < -0.4 is 0 Å². The van der Waals surface area contributed by atoms with Gasteiger partial charge in [0.25, 0.3) is 0 Å². The Bertz CT molecular complexity index is 3190. The first-order valence-electron chi connectivity index (χ1n) is 20.2. The Morgan fingerprint density at radius 3 is 1.83 bits per heavy atom. The van der Waals surface area contributed by atoms with Crippen molar-refractivity contribution in [3.8, 4) is 56.3 Å². The van der Waals surface area contributed by atoms with Gasteiger partial charge in [-0.25, -0.2) is 4.98 Å². The molecule has 59 heavy (non-hydrogen) atoms. The van der Waals surface area contributed by atoms with Crippen LogP contribution in [0.15, 0.2) is 194 Å². The molecule has 3 nitrogen and oxygen atoms in total. The van der Waals surface area contributed by atoms with Crippen molar-refractivity contribution in [3.05, 3.63) is 227 Å². The molecule has 0 bridgehead atoms. The van der Waals surface area contributed by atoms with Gasteiger partial charge in [-0.05, 0) is 110 Å². The number of para-hydroxylation sites is 2. The lowest BCUT2D eigenvalue weighted by Crippen LogP contribution is -2.28. The van der Waals surface area contributed by atoms with Gasteiger partial charge in [-0.1, -0.05) is 153 Å². The number of nitrogens with zero attached hydrogens (tertiary/aromatic N) is 3. The molecular formula is C55H37N3S. The number of aromatic nitrogens is 2. The Morgan fingerprint density at radius 2 is 1.15 bits per heavy atom. The molecule has 11 rings (SSSR count). The second kappa shape index (κ2) is 14.0. The summed E-state index contributed by atoms with van der Waals surface area (Å²) in [5.41, 5.74) is 16.4. The topological polar surface area (TPSA) is 41.6 Å². The molecule has 8 aromatic carbocycles. The smallest absolute Gasteiger partial charge is 0.114 e. The average Bonchev–Trinajstić information content (AvgIpc) is 3.98. The molecular weight excluding hydrogens is 735 g/mol.